The summed E-state index contributed by atoms with van der Waals surface area (Å²) < 4.78 is 4.27. The third-order valence-corrected chi connectivity index (χ3v) is 7.33. The summed E-state index contributed by atoms with van der Waals surface area (Å²) in [6.45, 7) is 0. The van der Waals surface area contributed by atoms with Crippen LogP contribution in [0.3, 0.4) is 0 Å². The molecule has 0 saturated carbocycles. The third kappa shape index (κ3) is 3.04. The quantitative estimate of drug-likeness (QED) is 0.272. The van der Waals surface area contributed by atoms with Crippen molar-refractivity contribution in [1.82, 2.24) is 19.1 Å². The Morgan fingerprint density at radius 3 is 1.44 bits per heavy atom. The molecule has 39 heavy (non-hydrogen) atoms. The summed E-state index contributed by atoms with van der Waals surface area (Å²) in [6.07, 6.45) is 6.20. The second-order valence-electron chi connectivity index (χ2n) is 9.50. The number of benzene rings is 3. The Hall–Kier alpha value is -5.56. The van der Waals surface area contributed by atoms with E-state index in [-0.39, 0.29) is 11.8 Å². The van der Waals surface area contributed by atoms with E-state index in [4.69, 9.17) is 0 Å². The molecule has 7 aromatic rings. The molecule has 0 saturated heterocycles. The molecule has 184 valence electrons. The molecule has 7 nitrogen and oxygen atoms in total. The Balaban J connectivity index is 1.50. The molecule has 7 heteroatoms. The van der Waals surface area contributed by atoms with Gasteiger partial charge in [-0.25, -0.2) is 4.90 Å². The van der Waals surface area contributed by atoms with Gasteiger partial charge in [-0.2, -0.15) is 0 Å². The number of pyridine rings is 2. The molecule has 5 heterocycles. The summed E-state index contributed by atoms with van der Waals surface area (Å²) in [7, 11) is 0. The molecule has 1 aliphatic rings. The number of hydrogen-bond donors (Lipinski definition) is 0. The minimum Gasteiger partial charge on any atom is -0.307 e. The molecule has 0 radical (unpaired) electrons. The molecule has 3 aromatic carbocycles. The first-order valence-corrected chi connectivity index (χ1v) is 12.6. The molecule has 2 amide bonds. The second kappa shape index (κ2) is 7.97. The molecule has 1 aliphatic heterocycles. The molecular formula is C32H19N5O2. The molecule has 0 aliphatic carbocycles. The van der Waals surface area contributed by atoms with E-state index in [1.807, 2.05) is 60.7 Å². The number of anilines is 1. The highest BCUT2D eigenvalue weighted by atomic mass is 16.2. The first-order valence-electron chi connectivity index (χ1n) is 12.6. The van der Waals surface area contributed by atoms with Crippen molar-refractivity contribution in [3.63, 3.8) is 0 Å². The Bertz CT molecular complexity index is 1930. The highest BCUT2D eigenvalue weighted by Crippen LogP contribution is 2.36. The summed E-state index contributed by atoms with van der Waals surface area (Å²) in [4.78, 5) is 36.2. The van der Waals surface area contributed by atoms with Gasteiger partial charge >= 0.3 is 0 Å². The van der Waals surface area contributed by atoms with Gasteiger partial charge in [0.2, 0.25) is 0 Å². The van der Waals surface area contributed by atoms with Crippen molar-refractivity contribution in [2.45, 2.75) is 0 Å². The number of para-hydroxylation sites is 2. The van der Waals surface area contributed by atoms with Gasteiger partial charge in [0.25, 0.3) is 11.8 Å². The van der Waals surface area contributed by atoms with Gasteiger partial charge < -0.3 is 9.13 Å². The van der Waals surface area contributed by atoms with E-state index < -0.39 is 0 Å². The standard InChI is InChI=1S/C32H19N5O2/c38-29-13-14-30(39)37(29)22-18-20(35-25-9-3-1-7-23(25)31-27(35)11-5-15-33-31)17-21(19-22)36-26-10-4-2-8-24(26)32-28(36)12-6-16-34-32/h1-19H. The molecule has 0 bridgehead atoms. The molecule has 0 N–H and O–H groups in total. The first kappa shape index (κ1) is 21.5. The average Bonchev–Trinajstić information content (AvgIpc) is 3.61. The van der Waals surface area contributed by atoms with Crippen LogP contribution in [0.1, 0.15) is 0 Å². The molecule has 4 aromatic heterocycles. The van der Waals surface area contributed by atoms with Crippen LogP contribution in [-0.2, 0) is 9.59 Å². The summed E-state index contributed by atoms with van der Waals surface area (Å²) in [6, 6.07) is 30.0. The van der Waals surface area contributed by atoms with Crippen molar-refractivity contribution in [3.05, 3.63) is 116 Å². The predicted octanol–water partition coefficient (Wildman–Crippen LogP) is 6.10. The van der Waals surface area contributed by atoms with Crippen LogP contribution in [0.4, 0.5) is 5.69 Å². The largest absolute Gasteiger partial charge is 0.307 e. The van der Waals surface area contributed by atoms with Gasteiger partial charge in [0.1, 0.15) is 0 Å². The summed E-state index contributed by atoms with van der Waals surface area (Å²) in [5, 5.41) is 2.05. The first-order chi connectivity index (χ1) is 19.2. The molecule has 0 fully saturated rings. The van der Waals surface area contributed by atoms with Crippen LogP contribution in [0.5, 0.6) is 0 Å². The van der Waals surface area contributed by atoms with Gasteiger partial charge in [-0.05, 0) is 54.6 Å². The van der Waals surface area contributed by atoms with Gasteiger partial charge in [-0.15, -0.1) is 0 Å². The fourth-order valence-corrected chi connectivity index (χ4v) is 5.74. The van der Waals surface area contributed by atoms with E-state index in [1.54, 1.807) is 12.4 Å². The maximum absolute atomic E-state index is 12.8. The normalized spacial score (nSPS) is 13.6. The maximum Gasteiger partial charge on any atom is 0.258 e. The molecule has 0 unspecified atom stereocenters. The molecular weight excluding hydrogens is 486 g/mol. The zero-order valence-corrected chi connectivity index (χ0v) is 20.5. The van der Waals surface area contributed by atoms with E-state index in [1.165, 1.54) is 17.1 Å². The number of fused-ring (bicyclic) bond motifs is 6. The van der Waals surface area contributed by atoms with Crippen LogP contribution < -0.4 is 4.90 Å². The van der Waals surface area contributed by atoms with Crippen molar-refractivity contribution in [2.75, 3.05) is 4.90 Å². The minimum atomic E-state index is -0.365. The predicted molar refractivity (Wildman–Crippen MR) is 152 cm³/mol. The fourth-order valence-electron chi connectivity index (χ4n) is 5.74. The van der Waals surface area contributed by atoms with Crippen LogP contribution in [0, 0.1) is 0 Å². The van der Waals surface area contributed by atoms with Crippen molar-refractivity contribution >= 4 is 61.4 Å². The molecule has 0 spiro atoms. The van der Waals surface area contributed by atoms with Crippen LogP contribution >= 0.6 is 0 Å². The number of hydrogen-bond acceptors (Lipinski definition) is 4. The lowest BCUT2D eigenvalue weighted by atomic mass is 10.2. The monoisotopic (exact) mass is 505 g/mol. The van der Waals surface area contributed by atoms with Gasteiger partial charge in [0.05, 0.1) is 50.2 Å². The zero-order valence-electron chi connectivity index (χ0n) is 20.5. The lowest BCUT2D eigenvalue weighted by Gasteiger charge is -2.19. The molecule has 8 rings (SSSR count). The number of rotatable bonds is 3. The van der Waals surface area contributed by atoms with Gasteiger partial charge in [0.15, 0.2) is 0 Å². The number of amides is 2. The number of carbonyl (C=O) groups is 2. The van der Waals surface area contributed by atoms with Crippen molar-refractivity contribution in [3.8, 4) is 11.4 Å². The van der Waals surface area contributed by atoms with Crippen LogP contribution in [-0.4, -0.2) is 30.9 Å². The Labute approximate surface area is 221 Å². The van der Waals surface area contributed by atoms with Crippen LogP contribution in [0.2, 0.25) is 0 Å². The van der Waals surface area contributed by atoms with Gasteiger partial charge in [-0.3, -0.25) is 19.6 Å². The number of nitrogens with zero attached hydrogens (tertiary/aromatic N) is 5. The van der Waals surface area contributed by atoms with Gasteiger partial charge in [0, 0.05) is 35.3 Å². The molecule has 0 atom stereocenters. The fraction of sp³-hybridized carbons (Fsp3) is 0. The lowest BCUT2D eigenvalue weighted by Crippen LogP contribution is -2.29. The summed E-state index contributed by atoms with van der Waals surface area (Å²) in [5.41, 5.74) is 7.71. The highest BCUT2D eigenvalue weighted by molar-refractivity contribution is 6.28. The lowest BCUT2D eigenvalue weighted by molar-refractivity contribution is -0.119. The third-order valence-electron chi connectivity index (χ3n) is 7.33. The van der Waals surface area contributed by atoms with Crippen molar-refractivity contribution < 1.29 is 9.59 Å². The highest BCUT2D eigenvalue weighted by Gasteiger charge is 2.27. The van der Waals surface area contributed by atoms with Crippen LogP contribution in [0.15, 0.2) is 116 Å². The Morgan fingerprint density at radius 1 is 0.487 bits per heavy atom. The van der Waals surface area contributed by atoms with E-state index >= 15 is 0 Å². The van der Waals surface area contributed by atoms with E-state index in [0.717, 1.165) is 55.2 Å². The topological polar surface area (TPSA) is 73.0 Å². The summed E-state index contributed by atoms with van der Waals surface area (Å²) >= 11 is 0. The number of carbonyl (C=O) groups excluding carboxylic acids is 2. The minimum absolute atomic E-state index is 0.365. The van der Waals surface area contributed by atoms with Crippen molar-refractivity contribution in [2.24, 2.45) is 0 Å². The summed E-state index contributed by atoms with van der Waals surface area (Å²) in [5.74, 6) is -0.730. The van der Waals surface area contributed by atoms with E-state index in [9.17, 15) is 9.59 Å². The van der Waals surface area contributed by atoms with Gasteiger partial charge in [-0.1, -0.05) is 36.4 Å². The van der Waals surface area contributed by atoms with Crippen LogP contribution in [0.25, 0.3) is 55.2 Å². The average molecular weight is 506 g/mol. The van der Waals surface area contributed by atoms with Crippen molar-refractivity contribution in [1.29, 1.82) is 0 Å². The Morgan fingerprint density at radius 2 is 0.923 bits per heavy atom. The number of aromatic nitrogens is 4. The van der Waals surface area contributed by atoms with E-state index in [0.29, 0.717) is 5.69 Å². The smallest absolute Gasteiger partial charge is 0.258 e. The SMILES string of the molecule is O=C1C=CC(=O)N1c1cc(-n2c3ccccc3c3ncccc32)cc(-n2c3ccccc3c3ncccc32)c1. The maximum atomic E-state index is 12.8. The van der Waals surface area contributed by atoms with E-state index in [2.05, 4.69) is 49.4 Å². The zero-order chi connectivity index (χ0) is 26.1. The number of imide groups is 1. The Kier molecular flexibility index (Phi) is 4.40. The second-order valence-corrected chi connectivity index (χ2v) is 9.50.